The van der Waals surface area contributed by atoms with Gasteiger partial charge >= 0.3 is 5.97 Å². The number of hydrogen-bond acceptors (Lipinski definition) is 4. The van der Waals surface area contributed by atoms with Gasteiger partial charge in [0.2, 0.25) is 11.8 Å². The SMILES string of the molecule is COC(=O)[C@H](C[C@@H]1CCNC1=O)NC(=O)[C@@H](C)C1Cc2ccccc2C1. The van der Waals surface area contributed by atoms with Crippen LogP contribution < -0.4 is 10.6 Å². The number of ether oxygens (including phenoxy) is 1. The molecule has 3 atom stereocenters. The quantitative estimate of drug-likeness (QED) is 0.749. The van der Waals surface area contributed by atoms with E-state index in [0.29, 0.717) is 13.0 Å². The molecule has 1 aliphatic carbocycles. The van der Waals surface area contributed by atoms with Crippen molar-refractivity contribution in [3.05, 3.63) is 35.4 Å². The lowest BCUT2D eigenvalue weighted by atomic mass is 9.90. The highest BCUT2D eigenvalue weighted by atomic mass is 16.5. The summed E-state index contributed by atoms with van der Waals surface area (Å²) in [7, 11) is 1.30. The van der Waals surface area contributed by atoms with E-state index in [1.54, 1.807) is 0 Å². The maximum atomic E-state index is 12.7. The molecule has 1 aromatic rings. The van der Waals surface area contributed by atoms with Gasteiger partial charge in [-0.1, -0.05) is 31.2 Å². The van der Waals surface area contributed by atoms with Crippen LogP contribution in [0.15, 0.2) is 24.3 Å². The number of esters is 1. The highest BCUT2D eigenvalue weighted by molar-refractivity contribution is 5.87. The van der Waals surface area contributed by atoms with Crippen LogP contribution in [-0.4, -0.2) is 37.5 Å². The average Bonchev–Trinajstić information content (AvgIpc) is 3.25. The summed E-state index contributed by atoms with van der Waals surface area (Å²) >= 11 is 0. The van der Waals surface area contributed by atoms with E-state index in [9.17, 15) is 14.4 Å². The van der Waals surface area contributed by atoms with Gasteiger partial charge in [0.15, 0.2) is 0 Å². The summed E-state index contributed by atoms with van der Waals surface area (Å²) in [4.78, 5) is 36.6. The predicted molar refractivity (Wildman–Crippen MR) is 96.2 cm³/mol. The van der Waals surface area contributed by atoms with Gasteiger partial charge in [0.1, 0.15) is 6.04 Å². The van der Waals surface area contributed by atoms with Gasteiger partial charge in [-0.3, -0.25) is 9.59 Å². The Morgan fingerprint density at radius 1 is 1.27 bits per heavy atom. The van der Waals surface area contributed by atoms with E-state index < -0.39 is 12.0 Å². The van der Waals surface area contributed by atoms with E-state index in [-0.39, 0.29) is 36.0 Å². The molecule has 3 rings (SSSR count). The summed E-state index contributed by atoms with van der Waals surface area (Å²) in [6.07, 6.45) is 2.70. The second kappa shape index (κ2) is 7.89. The van der Waals surface area contributed by atoms with Crippen LogP contribution in [0.25, 0.3) is 0 Å². The van der Waals surface area contributed by atoms with E-state index in [0.717, 1.165) is 12.8 Å². The summed E-state index contributed by atoms with van der Waals surface area (Å²) in [6.45, 7) is 2.52. The average molecular weight is 358 g/mol. The van der Waals surface area contributed by atoms with Crippen molar-refractivity contribution < 1.29 is 19.1 Å². The fourth-order valence-electron chi connectivity index (χ4n) is 3.97. The summed E-state index contributed by atoms with van der Waals surface area (Å²) in [6, 6.07) is 7.47. The molecule has 1 aliphatic heterocycles. The fourth-order valence-corrected chi connectivity index (χ4v) is 3.97. The van der Waals surface area contributed by atoms with Crippen LogP contribution in [0, 0.1) is 17.8 Å². The van der Waals surface area contributed by atoms with Crippen LogP contribution >= 0.6 is 0 Å². The molecule has 2 aliphatic rings. The summed E-state index contributed by atoms with van der Waals surface area (Å²) in [5.41, 5.74) is 2.59. The third-order valence-electron chi connectivity index (χ3n) is 5.69. The minimum atomic E-state index is -0.785. The van der Waals surface area contributed by atoms with Crippen LogP contribution in [0.5, 0.6) is 0 Å². The van der Waals surface area contributed by atoms with Crippen molar-refractivity contribution in [2.45, 2.75) is 38.6 Å². The number of carbonyl (C=O) groups excluding carboxylic acids is 3. The van der Waals surface area contributed by atoms with E-state index >= 15 is 0 Å². The molecule has 0 radical (unpaired) electrons. The van der Waals surface area contributed by atoms with Gasteiger partial charge in [-0.25, -0.2) is 4.79 Å². The topological polar surface area (TPSA) is 84.5 Å². The molecule has 1 saturated heterocycles. The van der Waals surface area contributed by atoms with Crippen molar-refractivity contribution in [1.82, 2.24) is 10.6 Å². The minimum Gasteiger partial charge on any atom is -0.467 e. The number of fused-ring (bicyclic) bond motifs is 1. The molecule has 0 saturated carbocycles. The van der Waals surface area contributed by atoms with Crippen molar-refractivity contribution >= 4 is 17.8 Å². The number of rotatable bonds is 6. The van der Waals surface area contributed by atoms with Crippen molar-refractivity contribution in [3.63, 3.8) is 0 Å². The highest BCUT2D eigenvalue weighted by Crippen LogP contribution is 2.31. The number of nitrogens with one attached hydrogen (secondary N) is 2. The van der Waals surface area contributed by atoms with Crippen LogP contribution in [0.3, 0.4) is 0 Å². The van der Waals surface area contributed by atoms with Gasteiger partial charge in [0.25, 0.3) is 0 Å². The Bertz CT molecular complexity index is 678. The molecule has 140 valence electrons. The standard InChI is InChI=1S/C20H26N2O4/c1-12(16-9-13-5-3-4-6-14(13)10-16)18(23)22-17(20(25)26-2)11-15-7-8-21-19(15)24/h3-6,12,15-17H,7-11H2,1-2H3,(H,21,24)(H,22,23)/t12-,15-,17-/m0/s1. The molecule has 0 bridgehead atoms. The molecule has 26 heavy (non-hydrogen) atoms. The van der Waals surface area contributed by atoms with Gasteiger partial charge in [-0.05, 0) is 42.7 Å². The molecule has 6 heteroatoms. The van der Waals surface area contributed by atoms with Crippen molar-refractivity contribution in [2.75, 3.05) is 13.7 Å². The molecule has 0 spiro atoms. The van der Waals surface area contributed by atoms with Gasteiger partial charge in [-0.2, -0.15) is 0 Å². The Kier molecular flexibility index (Phi) is 5.59. The van der Waals surface area contributed by atoms with Gasteiger partial charge in [-0.15, -0.1) is 0 Å². The highest BCUT2D eigenvalue weighted by Gasteiger charge is 2.35. The third kappa shape index (κ3) is 3.89. The Morgan fingerprint density at radius 3 is 2.46 bits per heavy atom. The zero-order valence-corrected chi connectivity index (χ0v) is 15.3. The van der Waals surface area contributed by atoms with Crippen LogP contribution in [0.1, 0.15) is 30.9 Å². The van der Waals surface area contributed by atoms with E-state index in [1.165, 1.54) is 18.2 Å². The zero-order valence-electron chi connectivity index (χ0n) is 15.3. The van der Waals surface area contributed by atoms with Crippen molar-refractivity contribution in [1.29, 1.82) is 0 Å². The summed E-state index contributed by atoms with van der Waals surface area (Å²) in [5.74, 6) is -0.970. The first-order valence-corrected chi connectivity index (χ1v) is 9.22. The largest absolute Gasteiger partial charge is 0.467 e. The van der Waals surface area contributed by atoms with Gasteiger partial charge in [0, 0.05) is 18.4 Å². The Morgan fingerprint density at radius 2 is 1.92 bits per heavy atom. The molecular formula is C20H26N2O4. The number of amides is 2. The van der Waals surface area contributed by atoms with Gasteiger partial charge < -0.3 is 15.4 Å². The number of benzene rings is 1. The van der Waals surface area contributed by atoms with Crippen molar-refractivity contribution in [2.24, 2.45) is 17.8 Å². The minimum absolute atomic E-state index is 0.0626. The predicted octanol–water partition coefficient (Wildman–Crippen LogP) is 1.22. The fraction of sp³-hybridized carbons (Fsp3) is 0.550. The Labute approximate surface area is 153 Å². The molecule has 2 amide bonds. The van der Waals surface area contributed by atoms with Gasteiger partial charge in [0.05, 0.1) is 7.11 Å². The lowest BCUT2D eigenvalue weighted by Crippen LogP contribution is -2.46. The number of methoxy groups -OCH3 is 1. The third-order valence-corrected chi connectivity index (χ3v) is 5.69. The second-order valence-corrected chi connectivity index (χ2v) is 7.32. The number of hydrogen-bond donors (Lipinski definition) is 2. The molecular weight excluding hydrogens is 332 g/mol. The maximum absolute atomic E-state index is 12.7. The van der Waals surface area contributed by atoms with Crippen molar-refractivity contribution in [3.8, 4) is 0 Å². The van der Waals surface area contributed by atoms with Crippen LogP contribution in [0.4, 0.5) is 0 Å². The number of carbonyl (C=O) groups is 3. The molecule has 2 N–H and O–H groups in total. The van der Waals surface area contributed by atoms with Crippen LogP contribution in [0.2, 0.25) is 0 Å². The molecule has 6 nitrogen and oxygen atoms in total. The van der Waals surface area contributed by atoms with E-state index in [2.05, 4.69) is 22.8 Å². The second-order valence-electron chi connectivity index (χ2n) is 7.32. The molecule has 1 heterocycles. The monoisotopic (exact) mass is 358 g/mol. The summed E-state index contributed by atoms with van der Waals surface area (Å²) in [5, 5.41) is 5.58. The smallest absolute Gasteiger partial charge is 0.328 e. The molecule has 0 aromatic heterocycles. The Balaban J connectivity index is 1.62. The normalized spacial score (nSPS) is 21.6. The molecule has 1 fully saturated rings. The Hall–Kier alpha value is -2.37. The first-order valence-electron chi connectivity index (χ1n) is 9.22. The molecule has 0 unspecified atom stereocenters. The summed E-state index contributed by atoms with van der Waals surface area (Å²) < 4.78 is 4.83. The zero-order chi connectivity index (χ0) is 18.7. The molecule has 1 aromatic carbocycles. The first-order chi connectivity index (χ1) is 12.5. The van der Waals surface area contributed by atoms with E-state index in [4.69, 9.17) is 4.74 Å². The lowest BCUT2D eigenvalue weighted by Gasteiger charge is -2.23. The lowest BCUT2D eigenvalue weighted by molar-refractivity contribution is -0.146. The maximum Gasteiger partial charge on any atom is 0.328 e. The van der Waals surface area contributed by atoms with Crippen LogP contribution in [-0.2, 0) is 32.0 Å². The first kappa shape index (κ1) is 18.4. The van der Waals surface area contributed by atoms with E-state index in [1.807, 2.05) is 19.1 Å².